The standard InChI is InChI=1S/C41H33Br2N3O9/c1-19-8-10-21(11-9-19)44-46-37(50)28-17-26-23(14-15-25-31(26)38(51)45(36(25)49)22-12-13-24(39(52)53)29(47)16-22)32(27-18-30(55-2)35(48)34(43)33(27)42)41(28,40(46)54)20-6-4-3-5-7-20/h3-14,16,18,25-26,28,31-32,44,47-48H,15,17H2,1-2H3,(H,52,53). The average molecular weight is 872 g/mol. The van der Waals surface area contributed by atoms with Crippen molar-refractivity contribution < 1.29 is 44.0 Å². The van der Waals surface area contributed by atoms with Gasteiger partial charge in [-0.3, -0.25) is 24.6 Å². The van der Waals surface area contributed by atoms with Gasteiger partial charge in [-0.15, -0.1) is 0 Å². The van der Waals surface area contributed by atoms with E-state index < -0.39 is 70.4 Å². The van der Waals surface area contributed by atoms with Crippen molar-refractivity contribution in [2.24, 2.45) is 23.7 Å². The van der Waals surface area contributed by atoms with E-state index in [1.165, 1.54) is 13.2 Å². The number of fused-ring (bicyclic) bond motifs is 4. The number of aromatic carboxylic acids is 1. The summed E-state index contributed by atoms with van der Waals surface area (Å²) in [6.07, 6.45) is 2.06. The van der Waals surface area contributed by atoms with E-state index in [1.807, 2.05) is 43.3 Å². The number of hydrogen-bond donors (Lipinski definition) is 4. The largest absolute Gasteiger partial charge is 0.507 e. The lowest BCUT2D eigenvalue weighted by molar-refractivity contribution is -0.138. The number of rotatable bonds is 7. The van der Waals surface area contributed by atoms with Gasteiger partial charge in [0, 0.05) is 16.5 Å². The fourth-order valence-corrected chi connectivity index (χ4v) is 10.1. The van der Waals surface area contributed by atoms with Crippen molar-refractivity contribution in [1.82, 2.24) is 5.01 Å². The summed E-state index contributed by atoms with van der Waals surface area (Å²) in [6.45, 7) is 1.92. The van der Waals surface area contributed by atoms with E-state index in [4.69, 9.17) is 4.74 Å². The number of aromatic hydroxyl groups is 2. The van der Waals surface area contributed by atoms with Crippen LogP contribution in [0, 0.1) is 30.6 Å². The second-order valence-corrected chi connectivity index (χ2v) is 15.8. The first-order valence-electron chi connectivity index (χ1n) is 17.5. The molecule has 0 aromatic heterocycles. The molecule has 4 aromatic carbocycles. The summed E-state index contributed by atoms with van der Waals surface area (Å²) in [5.41, 5.74) is 4.39. The van der Waals surface area contributed by atoms with Crippen LogP contribution in [0.25, 0.3) is 0 Å². The molecule has 4 aromatic rings. The van der Waals surface area contributed by atoms with Crippen LogP contribution in [0.15, 0.2) is 99.5 Å². The van der Waals surface area contributed by atoms with Crippen LogP contribution in [-0.4, -0.2) is 57.0 Å². The molecule has 4 N–H and O–H groups in total. The third-order valence-electron chi connectivity index (χ3n) is 11.6. The van der Waals surface area contributed by atoms with Crippen molar-refractivity contribution in [2.75, 3.05) is 17.4 Å². The Labute approximate surface area is 331 Å². The van der Waals surface area contributed by atoms with E-state index >= 15 is 4.79 Å². The number of nitrogens with one attached hydrogen (secondary N) is 1. The summed E-state index contributed by atoms with van der Waals surface area (Å²) in [6, 6.07) is 21.4. The molecule has 4 aliphatic rings. The van der Waals surface area contributed by atoms with E-state index in [0.717, 1.165) is 27.6 Å². The summed E-state index contributed by atoms with van der Waals surface area (Å²) in [5, 5.41) is 32.0. The Balaban J connectivity index is 1.34. The number of imide groups is 2. The third kappa shape index (κ3) is 5.32. The Morgan fingerprint density at radius 2 is 1.60 bits per heavy atom. The lowest BCUT2D eigenvalue weighted by Crippen LogP contribution is -2.53. The molecule has 0 radical (unpaired) electrons. The number of allylic oxidation sites excluding steroid dienone is 2. The molecule has 1 saturated carbocycles. The molecule has 6 unspecified atom stereocenters. The molecule has 14 heteroatoms. The lowest BCUT2D eigenvalue weighted by atomic mass is 9.49. The van der Waals surface area contributed by atoms with Crippen LogP contribution in [-0.2, 0) is 24.6 Å². The minimum Gasteiger partial charge on any atom is -0.507 e. The Bertz CT molecular complexity index is 2370. The van der Waals surface area contributed by atoms with Crippen LogP contribution >= 0.6 is 31.9 Å². The molecule has 8 rings (SSSR count). The number of anilines is 2. The molecule has 2 heterocycles. The van der Waals surface area contributed by atoms with Gasteiger partial charge in [0.2, 0.25) is 11.8 Å². The monoisotopic (exact) mass is 869 g/mol. The molecule has 3 fully saturated rings. The van der Waals surface area contributed by atoms with Gasteiger partial charge in [0.05, 0.1) is 46.1 Å². The molecule has 280 valence electrons. The normalized spacial score (nSPS) is 25.7. The zero-order chi connectivity index (χ0) is 39.1. The maximum Gasteiger partial charge on any atom is 0.339 e. The molecule has 6 atom stereocenters. The first-order chi connectivity index (χ1) is 26.3. The number of amides is 4. The number of halogens is 2. The number of ether oxygens (including phenoxy) is 1. The number of phenolic OH excluding ortho intramolecular Hbond substituents is 1. The van der Waals surface area contributed by atoms with Crippen LogP contribution in [0.4, 0.5) is 11.4 Å². The number of hydrazine groups is 1. The predicted molar refractivity (Wildman–Crippen MR) is 206 cm³/mol. The number of benzene rings is 4. The molecular formula is C41H33Br2N3O9. The van der Waals surface area contributed by atoms with Gasteiger partial charge < -0.3 is 20.1 Å². The molecule has 2 aliphatic heterocycles. The van der Waals surface area contributed by atoms with E-state index in [9.17, 15) is 34.5 Å². The number of carbonyl (C=O) groups excluding carboxylic acids is 4. The minimum absolute atomic E-state index is 0.0231. The van der Waals surface area contributed by atoms with Gasteiger partial charge in [-0.05, 0) is 99.0 Å². The Hall–Kier alpha value is -5.47. The highest BCUT2D eigenvalue weighted by Gasteiger charge is 2.70. The van der Waals surface area contributed by atoms with E-state index in [1.54, 1.807) is 30.3 Å². The summed E-state index contributed by atoms with van der Waals surface area (Å²) in [5.74, 6) is -8.59. The summed E-state index contributed by atoms with van der Waals surface area (Å²) in [7, 11) is 1.40. The number of carboxylic acid groups (broad SMARTS) is 1. The second-order valence-electron chi connectivity index (χ2n) is 14.3. The first kappa shape index (κ1) is 36.5. The number of carboxylic acids is 1. The highest BCUT2D eigenvalue weighted by molar-refractivity contribution is 9.13. The third-order valence-corrected chi connectivity index (χ3v) is 13.7. The van der Waals surface area contributed by atoms with Gasteiger partial charge in [-0.25, -0.2) is 9.69 Å². The van der Waals surface area contributed by atoms with Crippen LogP contribution in [0.3, 0.4) is 0 Å². The molecular weight excluding hydrogens is 838 g/mol. The van der Waals surface area contributed by atoms with Gasteiger partial charge in [0.25, 0.3) is 11.8 Å². The van der Waals surface area contributed by atoms with Crippen molar-refractivity contribution in [3.05, 3.63) is 122 Å². The second kappa shape index (κ2) is 13.4. The molecule has 0 spiro atoms. The highest BCUT2D eigenvalue weighted by Crippen LogP contribution is 2.65. The van der Waals surface area contributed by atoms with Crippen LogP contribution in [0.1, 0.15) is 45.8 Å². The molecule has 55 heavy (non-hydrogen) atoms. The van der Waals surface area contributed by atoms with Crippen molar-refractivity contribution in [1.29, 1.82) is 0 Å². The maximum absolute atomic E-state index is 15.4. The topological polar surface area (TPSA) is 174 Å². The van der Waals surface area contributed by atoms with Gasteiger partial charge in [-0.2, -0.15) is 5.01 Å². The highest BCUT2D eigenvalue weighted by atomic mass is 79.9. The number of methoxy groups -OCH3 is 1. The average Bonchev–Trinajstić information content (AvgIpc) is 3.56. The van der Waals surface area contributed by atoms with Crippen LogP contribution in [0.2, 0.25) is 0 Å². The van der Waals surface area contributed by atoms with E-state index in [-0.39, 0.29) is 40.1 Å². The zero-order valence-corrected chi connectivity index (χ0v) is 32.5. The van der Waals surface area contributed by atoms with Gasteiger partial charge in [0.15, 0.2) is 11.5 Å². The predicted octanol–water partition coefficient (Wildman–Crippen LogP) is 6.83. The number of hydrogen-bond acceptors (Lipinski definition) is 9. The molecule has 0 bridgehead atoms. The number of nitrogens with zero attached hydrogens (tertiary/aromatic N) is 2. The van der Waals surface area contributed by atoms with Crippen molar-refractivity contribution in [3.63, 3.8) is 0 Å². The fraction of sp³-hybridized carbons (Fsp3) is 0.244. The van der Waals surface area contributed by atoms with E-state index in [0.29, 0.717) is 26.9 Å². The smallest absolute Gasteiger partial charge is 0.339 e. The lowest BCUT2D eigenvalue weighted by Gasteiger charge is -2.51. The molecule has 2 saturated heterocycles. The Morgan fingerprint density at radius 1 is 0.891 bits per heavy atom. The zero-order valence-electron chi connectivity index (χ0n) is 29.3. The molecule has 4 amide bonds. The van der Waals surface area contributed by atoms with Crippen LogP contribution < -0.4 is 15.1 Å². The molecule has 12 nitrogen and oxygen atoms in total. The number of carbonyl (C=O) groups is 5. The quantitative estimate of drug-likeness (QED) is 0.114. The molecule has 2 aliphatic carbocycles. The summed E-state index contributed by atoms with van der Waals surface area (Å²) in [4.78, 5) is 71.6. The maximum atomic E-state index is 15.4. The number of aryl methyl sites for hydroxylation is 1. The fourth-order valence-electron chi connectivity index (χ4n) is 9.16. The van der Waals surface area contributed by atoms with Gasteiger partial charge >= 0.3 is 5.97 Å². The summed E-state index contributed by atoms with van der Waals surface area (Å²) >= 11 is 7.18. The van der Waals surface area contributed by atoms with Crippen LogP contribution in [0.5, 0.6) is 17.2 Å². The van der Waals surface area contributed by atoms with Gasteiger partial charge in [0.1, 0.15) is 11.3 Å². The number of phenols is 2. The Kier molecular flexibility index (Phi) is 8.88. The van der Waals surface area contributed by atoms with Gasteiger partial charge in [-0.1, -0.05) is 59.7 Å². The summed E-state index contributed by atoms with van der Waals surface area (Å²) < 4.78 is 6.26. The first-order valence-corrected chi connectivity index (χ1v) is 19.1. The SMILES string of the molecule is COc1cc(C2C3=CCC4C(=O)N(c5ccc(C(=O)O)c(O)c5)C(=O)C4C3CC3C(=O)N(Nc4ccc(C)cc4)C(=O)C32c2ccccc2)c(Br)c(Br)c1O. The van der Waals surface area contributed by atoms with E-state index in [2.05, 4.69) is 37.3 Å². The minimum atomic E-state index is -1.57. The van der Waals surface area contributed by atoms with Crippen molar-refractivity contribution in [2.45, 2.75) is 31.1 Å². The van der Waals surface area contributed by atoms with Crippen molar-refractivity contribution >= 4 is 72.8 Å². The van der Waals surface area contributed by atoms with Crippen molar-refractivity contribution in [3.8, 4) is 17.2 Å². The Morgan fingerprint density at radius 3 is 2.25 bits per heavy atom.